The molecule has 3 nitrogen and oxygen atoms in total. The predicted octanol–water partition coefficient (Wildman–Crippen LogP) is 0.795. The largest absolute Gasteiger partial charge is 0.469 e. The minimum atomic E-state index is -0.0611. The maximum Gasteiger partial charge on any atom is 0.310 e. The third-order valence-electron chi connectivity index (χ3n) is 2.65. The zero-order chi connectivity index (χ0) is 8.97. The smallest absolute Gasteiger partial charge is 0.310 e. The molecule has 0 aliphatic carbocycles. The van der Waals surface area contributed by atoms with Gasteiger partial charge < -0.3 is 10.1 Å². The monoisotopic (exact) mass is 171 g/mol. The topological polar surface area (TPSA) is 38.3 Å². The first-order valence-corrected chi connectivity index (χ1v) is 4.58. The average Bonchev–Trinajstić information content (AvgIpc) is 2.16. The number of hydrogen-bond acceptors (Lipinski definition) is 3. The quantitative estimate of drug-likeness (QED) is 0.624. The first-order chi connectivity index (χ1) is 5.79. The zero-order valence-electron chi connectivity index (χ0n) is 7.80. The van der Waals surface area contributed by atoms with Crippen molar-refractivity contribution in [2.24, 2.45) is 11.8 Å². The number of methoxy groups -OCH3 is 1. The van der Waals surface area contributed by atoms with Crippen molar-refractivity contribution in [2.75, 3.05) is 20.2 Å². The fraction of sp³-hybridized carbons (Fsp3) is 0.889. The molecule has 0 aromatic carbocycles. The molecule has 1 rings (SSSR count). The number of piperidine rings is 1. The maximum absolute atomic E-state index is 11.3. The van der Waals surface area contributed by atoms with E-state index in [1.54, 1.807) is 0 Å². The van der Waals surface area contributed by atoms with Crippen molar-refractivity contribution in [1.82, 2.24) is 5.32 Å². The second-order valence-electron chi connectivity index (χ2n) is 3.29. The fourth-order valence-electron chi connectivity index (χ4n) is 1.83. The summed E-state index contributed by atoms with van der Waals surface area (Å²) in [5, 5.41) is 3.21. The summed E-state index contributed by atoms with van der Waals surface area (Å²) in [6.07, 6.45) is 2.16. The molecule has 0 saturated carbocycles. The molecular weight excluding hydrogens is 154 g/mol. The zero-order valence-corrected chi connectivity index (χ0v) is 7.80. The van der Waals surface area contributed by atoms with E-state index in [0.29, 0.717) is 5.92 Å². The Morgan fingerprint density at radius 3 is 3.00 bits per heavy atom. The molecule has 1 heterocycles. The van der Waals surface area contributed by atoms with E-state index >= 15 is 0 Å². The third kappa shape index (κ3) is 1.97. The van der Waals surface area contributed by atoms with Crippen molar-refractivity contribution >= 4 is 5.97 Å². The van der Waals surface area contributed by atoms with Gasteiger partial charge in [0.2, 0.25) is 0 Å². The summed E-state index contributed by atoms with van der Waals surface area (Å²) in [7, 11) is 1.46. The number of carbonyl (C=O) groups is 1. The summed E-state index contributed by atoms with van der Waals surface area (Å²) in [6, 6.07) is 0. The molecule has 2 atom stereocenters. The summed E-state index contributed by atoms with van der Waals surface area (Å²) >= 11 is 0. The number of rotatable bonds is 2. The van der Waals surface area contributed by atoms with Gasteiger partial charge in [0.1, 0.15) is 0 Å². The van der Waals surface area contributed by atoms with E-state index in [4.69, 9.17) is 4.74 Å². The molecule has 0 bridgehead atoms. The minimum absolute atomic E-state index is 0.0611. The van der Waals surface area contributed by atoms with Gasteiger partial charge in [-0.15, -0.1) is 0 Å². The molecule has 1 fully saturated rings. The van der Waals surface area contributed by atoms with Gasteiger partial charge in [0, 0.05) is 6.54 Å². The van der Waals surface area contributed by atoms with Crippen LogP contribution in [0, 0.1) is 11.8 Å². The summed E-state index contributed by atoms with van der Waals surface area (Å²) in [5.41, 5.74) is 0. The number of ether oxygens (including phenoxy) is 1. The lowest BCUT2D eigenvalue weighted by Gasteiger charge is -2.29. The van der Waals surface area contributed by atoms with Gasteiger partial charge in [-0.25, -0.2) is 0 Å². The Labute approximate surface area is 73.5 Å². The third-order valence-corrected chi connectivity index (χ3v) is 2.65. The number of hydrogen-bond donors (Lipinski definition) is 1. The SMILES string of the molecule is CC[C@@H]1CCNC[C@@H]1C(=O)OC. The highest BCUT2D eigenvalue weighted by atomic mass is 16.5. The lowest BCUT2D eigenvalue weighted by molar-refractivity contribution is -0.148. The molecule has 0 amide bonds. The Kier molecular flexibility index (Phi) is 3.53. The summed E-state index contributed by atoms with van der Waals surface area (Å²) in [6.45, 7) is 3.95. The van der Waals surface area contributed by atoms with E-state index in [9.17, 15) is 4.79 Å². The standard InChI is InChI=1S/C9H17NO2/c1-3-7-4-5-10-6-8(7)9(11)12-2/h7-8,10H,3-6H2,1-2H3/t7-,8+/m1/s1. The Hall–Kier alpha value is -0.570. The van der Waals surface area contributed by atoms with E-state index in [1.165, 1.54) is 7.11 Å². The fourth-order valence-corrected chi connectivity index (χ4v) is 1.83. The van der Waals surface area contributed by atoms with Gasteiger partial charge in [0.15, 0.2) is 0 Å². The van der Waals surface area contributed by atoms with Crippen molar-refractivity contribution in [3.63, 3.8) is 0 Å². The van der Waals surface area contributed by atoms with Gasteiger partial charge in [-0.2, -0.15) is 0 Å². The average molecular weight is 171 g/mol. The molecule has 0 spiro atoms. The van der Waals surface area contributed by atoms with Crippen LogP contribution < -0.4 is 5.32 Å². The lowest BCUT2D eigenvalue weighted by atomic mass is 9.85. The Morgan fingerprint density at radius 2 is 2.42 bits per heavy atom. The van der Waals surface area contributed by atoms with Crippen LogP contribution in [0.2, 0.25) is 0 Å². The van der Waals surface area contributed by atoms with Crippen LogP contribution >= 0.6 is 0 Å². The minimum Gasteiger partial charge on any atom is -0.469 e. The molecule has 0 radical (unpaired) electrons. The van der Waals surface area contributed by atoms with E-state index in [0.717, 1.165) is 25.9 Å². The molecule has 1 aliphatic heterocycles. The highest BCUT2D eigenvalue weighted by Crippen LogP contribution is 2.23. The Bertz CT molecular complexity index is 159. The van der Waals surface area contributed by atoms with Crippen LogP contribution in [0.1, 0.15) is 19.8 Å². The van der Waals surface area contributed by atoms with Crippen LogP contribution in [0.4, 0.5) is 0 Å². The lowest BCUT2D eigenvalue weighted by Crippen LogP contribution is -2.41. The van der Waals surface area contributed by atoms with Crippen LogP contribution in [0.5, 0.6) is 0 Å². The number of nitrogens with one attached hydrogen (secondary N) is 1. The second-order valence-corrected chi connectivity index (χ2v) is 3.29. The molecule has 70 valence electrons. The highest BCUT2D eigenvalue weighted by molar-refractivity contribution is 5.73. The van der Waals surface area contributed by atoms with E-state index < -0.39 is 0 Å². The number of esters is 1. The van der Waals surface area contributed by atoms with E-state index in [-0.39, 0.29) is 11.9 Å². The van der Waals surface area contributed by atoms with Crippen molar-refractivity contribution in [3.05, 3.63) is 0 Å². The van der Waals surface area contributed by atoms with Gasteiger partial charge in [0.05, 0.1) is 13.0 Å². The summed E-state index contributed by atoms with van der Waals surface area (Å²) in [4.78, 5) is 11.3. The molecular formula is C9H17NO2. The molecule has 1 N–H and O–H groups in total. The van der Waals surface area contributed by atoms with Gasteiger partial charge >= 0.3 is 5.97 Å². The molecule has 1 saturated heterocycles. The van der Waals surface area contributed by atoms with Crippen LogP contribution in [0.15, 0.2) is 0 Å². The van der Waals surface area contributed by atoms with Crippen molar-refractivity contribution < 1.29 is 9.53 Å². The molecule has 0 aromatic heterocycles. The van der Waals surface area contributed by atoms with Gasteiger partial charge in [-0.3, -0.25) is 4.79 Å². The van der Waals surface area contributed by atoms with E-state index in [2.05, 4.69) is 12.2 Å². The Balaban J connectivity index is 2.52. The molecule has 3 heteroatoms. The van der Waals surface area contributed by atoms with Crippen LogP contribution in [0.25, 0.3) is 0 Å². The van der Waals surface area contributed by atoms with Gasteiger partial charge in [-0.1, -0.05) is 13.3 Å². The van der Waals surface area contributed by atoms with Crippen molar-refractivity contribution in [1.29, 1.82) is 0 Å². The Morgan fingerprint density at radius 1 is 1.67 bits per heavy atom. The molecule has 12 heavy (non-hydrogen) atoms. The first-order valence-electron chi connectivity index (χ1n) is 4.58. The number of carbonyl (C=O) groups excluding carboxylic acids is 1. The summed E-state index contributed by atoms with van der Waals surface area (Å²) in [5.74, 6) is 0.529. The maximum atomic E-state index is 11.3. The predicted molar refractivity (Wildman–Crippen MR) is 46.8 cm³/mol. The van der Waals surface area contributed by atoms with Gasteiger partial charge in [-0.05, 0) is 18.9 Å². The summed E-state index contributed by atoms with van der Waals surface area (Å²) < 4.78 is 4.74. The first kappa shape index (κ1) is 9.52. The van der Waals surface area contributed by atoms with Crippen molar-refractivity contribution in [3.8, 4) is 0 Å². The highest BCUT2D eigenvalue weighted by Gasteiger charge is 2.29. The van der Waals surface area contributed by atoms with Gasteiger partial charge in [0.25, 0.3) is 0 Å². The molecule has 1 aliphatic rings. The van der Waals surface area contributed by atoms with E-state index in [1.807, 2.05) is 0 Å². The van der Waals surface area contributed by atoms with Crippen LogP contribution in [-0.2, 0) is 9.53 Å². The molecule has 0 aromatic rings. The second kappa shape index (κ2) is 4.45. The van der Waals surface area contributed by atoms with Crippen LogP contribution in [-0.4, -0.2) is 26.2 Å². The molecule has 0 unspecified atom stereocenters. The van der Waals surface area contributed by atoms with Crippen LogP contribution in [0.3, 0.4) is 0 Å². The normalized spacial score (nSPS) is 29.8. The van der Waals surface area contributed by atoms with Crippen molar-refractivity contribution in [2.45, 2.75) is 19.8 Å².